The maximum atomic E-state index is 14.5. The van der Waals surface area contributed by atoms with Crippen LogP contribution in [0.3, 0.4) is 0 Å². The summed E-state index contributed by atoms with van der Waals surface area (Å²) in [5.74, 6) is -1.73. The van der Waals surface area contributed by atoms with Crippen molar-refractivity contribution < 1.29 is 32.2 Å². The normalized spacial score (nSPS) is 20.1. The van der Waals surface area contributed by atoms with Crippen molar-refractivity contribution in [1.29, 1.82) is 0 Å². The van der Waals surface area contributed by atoms with E-state index < -0.39 is 41.6 Å². The van der Waals surface area contributed by atoms with Gasteiger partial charge >= 0.3 is 6.36 Å². The molecule has 1 aromatic carbocycles. The molecule has 1 unspecified atom stereocenters. The van der Waals surface area contributed by atoms with Gasteiger partial charge in [-0.3, -0.25) is 4.79 Å². The van der Waals surface area contributed by atoms with Crippen molar-refractivity contribution in [2.45, 2.75) is 56.2 Å². The molecule has 0 bridgehead atoms. The summed E-state index contributed by atoms with van der Waals surface area (Å²) in [6.45, 7) is 1.63. The number of aliphatic hydroxyl groups is 1. The topological polar surface area (TPSA) is 72.5 Å². The van der Waals surface area contributed by atoms with Crippen LogP contribution in [-0.4, -0.2) is 28.6 Å². The molecule has 1 aliphatic carbocycles. The number of hydrogen-bond acceptors (Lipinski definition) is 3. The molecule has 8 heteroatoms. The fourth-order valence-corrected chi connectivity index (χ4v) is 2.92. The molecular formula is C16H19F4NO3. The molecule has 3 N–H and O–H groups in total. The highest BCUT2D eigenvalue weighted by Gasteiger charge is 2.60. The van der Waals surface area contributed by atoms with Gasteiger partial charge in [0.15, 0.2) is 0 Å². The van der Waals surface area contributed by atoms with Crippen LogP contribution in [0.15, 0.2) is 24.3 Å². The van der Waals surface area contributed by atoms with Gasteiger partial charge in [-0.05, 0) is 42.9 Å². The van der Waals surface area contributed by atoms with Gasteiger partial charge in [0.25, 0.3) is 0 Å². The molecule has 0 aliphatic heterocycles. The summed E-state index contributed by atoms with van der Waals surface area (Å²) < 4.78 is 55.2. The molecule has 4 nitrogen and oxygen atoms in total. The molecule has 2 atom stereocenters. The minimum Gasteiger partial charge on any atom is -0.406 e. The second kappa shape index (κ2) is 6.23. The smallest absolute Gasteiger partial charge is 0.406 e. The van der Waals surface area contributed by atoms with Crippen LogP contribution < -0.4 is 10.5 Å². The number of alkyl halides is 4. The molecule has 1 amide bonds. The Bertz CT molecular complexity index is 616. The van der Waals surface area contributed by atoms with Gasteiger partial charge in [0, 0.05) is 0 Å². The lowest BCUT2D eigenvalue weighted by Gasteiger charge is -2.33. The summed E-state index contributed by atoms with van der Waals surface area (Å²) in [7, 11) is 0. The summed E-state index contributed by atoms with van der Waals surface area (Å²) in [6.07, 6.45) is -5.23. The Morgan fingerprint density at radius 1 is 1.42 bits per heavy atom. The van der Waals surface area contributed by atoms with Crippen molar-refractivity contribution >= 4 is 5.91 Å². The average molecular weight is 349 g/mol. The third kappa shape index (κ3) is 4.37. The molecule has 0 radical (unpaired) electrons. The fraction of sp³-hybridized carbons (Fsp3) is 0.562. The van der Waals surface area contributed by atoms with Crippen molar-refractivity contribution in [3.63, 3.8) is 0 Å². The van der Waals surface area contributed by atoms with Crippen molar-refractivity contribution in [3.05, 3.63) is 29.8 Å². The molecule has 0 heterocycles. The number of benzene rings is 1. The van der Waals surface area contributed by atoms with Crippen LogP contribution in [0.1, 0.15) is 44.1 Å². The lowest BCUT2D eigenvalue weighted by Crippen LogP contribution is -2.46. The average Bonchev–Trinajstić information content (AvgIpc) is 3.16. The van der Waals surface area contributed by atoms with Crippen LogP contribution in [0.2, 0.25) is 0 Å². The Labute approximate surface area is 136 Å². The lowest BCUT2D eigenvalue weighted by molar-refractivity contribution is -0.274. The maximum Gasteiger partial charge on any atom is 0.573 e. The van der Waals surface area contributed by atoms with Gasteiger partial charge in [0.2, 0.25) is 5.91 Å². The SMILES string of the molecule is C[C@@H](CC(O)(CC(N)=O)C1(F)CC1)c1cccc(OC(F)(F)F)c1. The summed E-state index contributed by atoms with van der Waals surface area (Å²) in [4.78, 5) is 11.2. The van der Waals surface area contributed by atoms with Crippen molar-refractivity contribution in [3.8, 4) is 5.75 Å². The highest BCUT2D eigenvalue weighted by Crippen LogP contribution is 2.53. The Morgan fingerprint density at radius 3 is 2.54 bits per heavy atom. The van der Waals surface area contributed by atoms with Crippen LogP contribution in [0, 0.1) is 0 Å². The van der Waals surface area contributed by atoms with Crippen LogP contribution in [0.25, 0.3) is 0 Å². The van der Waals surface area contributed by atoms with Gasteiger partial charge in [0.05, 0.1) is 6.42 Å². The van der Waals surface area contributed by atoms with Crippen LogP contribution in [0.4, 0.5) is 17.6 Å². The molecule has 24 heavy (non-hydrogen) atoms. The number of ether oxygens (including phenoxy) is 1. The zero-order chi connectivity index (χ0) is 18.2. The Kier molecular flexibility index (Phi) is 4.81. The van der Waals surface area contributed by atoms with Crippen LogP contribution in [-0.2, 0) is 4.79 Å². The minimum absolute atomic E-state index is 0.126. The van der Waals surface area contributed by atoms with E-state index in [1.165, 1.54) is 12.1 Å². The standard InChI is InChI=1S/C16H19F4NO3/c1-10(8-15(23,9-13(21)22)14(17)5-6-14)11-3-2-4-12(7-11)24-16(18,19)20/h2-4,7,10,23H,5-6,8-9H2,1H3,(H2,21,22)/t10-,15?/m0/s1. The number of carbonyl (C=O) groups is 1. The minimum atomic E-state index is -4.81. The van der Waals surface area contributed by atoms with E-state index >= 15 is 0 Å². The van der Waals surface area contributed by atoms with E-state index in [4.69, 9.17) is 5.73 Å². The second-order valence-corrected chi connectivity index (χ2v) is 6.37. The van der Waals surface area contributed by atoms with Crippen molar-refractivity contribution in [2.75, 3.05) is 0 Å². The summed E-state index contributed by atoms with van der Waals surface area (Å²) >= 11 is 0. The predicted molar refractivity (Wildman–Crippen MR) is 78.0 cm³/mol. The van der Waals surface area contributed by atoms with E-state index in [0.717, 1.165) is 6.07 Å². The summed E-state index contributed by atoms with van der Waals surface area (Å²) in [5.41, 5.74) is 1.72. The Balaban J connectivity index is 2.17. The first-order valence-electron chi connectivity index (χ1n) is 7.49. The van der Waals surface area contributed by atoms with Gasteiger partial charge in [-0.15, -0.1) is 13.2 Å². The predicted octanol–water partition coefficient (Wildman–Crippen LogP) is 3.19. The number of amides is 1. The van der Waals surface area contributed by atoms with E-state index in [1.807, 2.05) is 0 Å². The molecule has 1 saturated carbocycles. The van der Waals surface area contributed by atoms with E-state index in [2.05, 4.69) is 4.74 Å². The maximum absolute atomic E-state index is 14.5. The molecule has 2 rings (SSSR count). The molecule has 1 fully saturated rings. The molecule has 1 aliphatic rings. The summed E-state index contributed by atoms with van der Waals surface area (Å²) in [5, 5.41) is 10.6. The molecule has 0 spiro atoms. The number of carbonyl (C=O) groups excluding carboxylic acids is 1. The third-order valence-corrected chi connectivity index (χ3v) is 4.29. The molecule has 1 aromatic rings. The van der Waals surface area contributed by atoms with Crippen LogP contribution in [0.5, 0.6) is 5.75 Å². The molecule has 0 aromatic heterocycles. The monoisotopic (exact) mass is 349 g/mol. The lowest BCUT2D eigenvalue weighted by atomic mass is 9.80. The molecular weight excluding hydrogens is 330 g/mol. The Morgan fingerprint density at radius 2 is 2.04 bits per heavy atom. The third-order valence-electron chi connectivity index (χ3n) is 4.29. The van der Waals surface area contributed by atoms with Gasteiger partial charge in [0.1, 0.15) is 17.0 Å². The zero-order valence-electron chi connectivity index (χ0n) is 13.1. The van der Waals surface area contributed by atoms with E-state index in [9.17, 15) is 27.5 Å². The second-order valence-electron chi connectivity index (χ2n) is 6.37. The molecule has 0 saturated heterocycles. The van der Waals surface area contributed by atoms with E-state index in [1.54, 1.807) is 13.0 Å². The Hall–Kier alpha value is -1.83. The summed E-state index contributed by atoms with van der Waals surface area (Å²) in [6, 6.07) is 5.26. The quantitative estimate of drug-likeness (QED) is 0.743. The highest BCUT2D eigenvalue weighted by atomic mass is 19.4. The number of halogens is 4. The van der Waals surface area contributed by atoms with Gasteiger partial charge < -0.3 is 15.6 Å². The number of rotatable bonds is 7. The van der Waals surface area contributed by atoms with Gasteiger partial charge in [-0.25, -0.2) is 4.39 Å². The first-order valence-corrected chi connectivity index (χ1v) is 7.49. The van der Waals surface area contributed by atoms with Crippen molar-refractivity contribution in [2.24, 2.45) is 5.73 Å². The first kappa shape index (κ1) is 18.5. The number of nitrogens with two attached hydrogens (primary N) is 1. The largest absolute Gasteiger partial charge is 0.573 e. The number of primary amides is 1. The zero-order valence-corrected chi connectivity index (χ0v) is 13.1. The van der Waals surface area contributed by atoms with Crippen LogP contribution >= 0.6 is 0 Å². The number of hydrogen-bond donors (Lipinski definition) is 2. The van der Waals surface area contributed by atoms with Gasteiger partial charge in [-0.1, -0.05) is 19.1 Å². The fourth-order valence-electron chi connectivity index (χ4n) is 2.92. The van der Waals surface area contributed by atoms with E-state index in [-0.39, 0.29) is 19.3 Å². The molecule has 134 valence electrons. The van der Waals surface area contributed by atoms with Gasteiger partial charge in [-0.2, -0.15) is 0 Å². The van der Waals surface area contributed by atoms with E-state index in [0.29, 0.717) is 5.56 Å². The first-order chi connectivity index (χ1) is 10.9. The highest BCUT2D eigenvalue weighted by molar-refractivity contribution is 5.75. The van der Waals surface area contributed by atoms with Crippen molar-refractivity contribution in [1.82, 2.24) is 0 Å².